The number of nitrogens with one attached hydrogen (secondary N) is 2. The number of hydrogen-bond acceptors (Lipinski definition) is 5. The maximum absolute atomic E-state index is 13.9. The van der Waals surface area contributed by atoms with Crippen LogP contribution in [-0.2, 0) is 26.2 Å². The molecule has 1 aromatic heterocycles. The van der Waals surface area contributed by atoms with E-state index in [1.807, 2.05) is 0 Å². The number of amides is 2. The predicted molar refractivity (Wildman–Crippen MR) is 120 cm³/mol. The van der Waals surface area contributed by atoms with Gasteiger partial charge in [-0.05, 0) is 48.9 Å². The molecule has 0 saturated heterocycles. The molecule has 0 aliphatic heterocycles. The van der Waals surface area contributed by atoms with Gasteiger partial charge in [0.1, 0.15) is 17.6 Å². The number of rotatable bonds is 10. The first kappa shape index (κ1) is 24.1. The second kappa shape index (κ2) is 10.9. The number of sulfonamides is 1. The normalized spacial score (nSPS) is 12.2. The maximum Gasteiger partial charge on any atom is 0.243 e. The Morgan fingerprint density at radius 2 is 1.82 bits per heavy atom. The van der Waals surface area contributed by atoms with Crippen LogP contribution in [0, 0.1) is 5.82 Å². The van der Waals surface area contributed by atoms with Gasteiger partial charge >= 0.3 is 0 Å². The molecule has 0 saturated carbocycles. The molecule has 2 amide bonds. The number of nitrogens with zero attached hydrogens (tertiary/aromatic N) is 1. The highest BCUT2D eigenvalue weighted by molar-refractivity contribution is 7.89. The molecular weight excluding hydrogens is 449 g/mol. The molecule has 0 aliphatic rings. The summed E-state index contributed by atoms with van der Waals surface area (Å²) in [6.45, 7) is 1.19. The second-order valence-electron chi connectivity index (χ2n) is 7.10. The third kappa shape index (κ3) is 6.27. The Bertz CT molecular complexity index is 1180. The Balaban J connectivity index is 1.82. The highest BCUT2D eigenvalue weighted by atomic mass is 32.2. The van der Waals surface area contributed by atoms with Crippen molar-refractivity contribution < 1.29 is 26.8 Å². The highest BCUT2D eigenvalue weighted by Gasteiger charge is 2.31. The lowest BCUT2D eigenvalue weighted by Crippen LogP contribution is -2.52. The van der Waals surface area contributed by atoms with Crippen LogP contribution in [0.15, 0.2) is 82.3 Å². The number of anilines is 1. The molecule has 1 heterocycles. The van der Waals surface area contributed by atoms with Gasteiger partial charge in [-0.2, -0.15) is 0 Å². The molecule has 174 valence electrons. The highest BCUT2D eigenvalue weighted by Crippen LogP contribution is 2.21. The lowest BCUT2D eigenvalue weighted by molar-refractivity contribution is -0.126. The Labute approximate surface area is 191 Å². The molecular formula is C23H24FN3O5S. The van der Waals surface area contributed by atoms with Crippen LogP contribution in [0.1, 0.15) is 19.1 Å². The fourth-order valence-electron chi connectivity index (χ4n) is 3.24. The van der Waals surface area contributed by atoms with Crippen molar-refractivity contribution in [3.63, 3.8) is 0 Å². The molecule has 0 bridgehead atoms. The summed E-state index contributed by atoms with van der Waals surface area (Å²) in [4.78, 5) is 27.2. The Morgan fingerprint density at radius 3 is 2.45 bits per heavy atom. The minimum atomic E-state index is -3.96. The van der Waals surface area contributed by atoms with Crippen LogP contribution in [0.2, 0.25) is 0 Å². The summed E-state index contributed by atoms with van der Waals surface area (Å²) < 4.78 is 46.4. The monoisotopic (exact) mass is 473 g/mol. The summed E-state index contributed by atoms with van der Waals surface area (Å²) in [5.41, 5.74) is 0.138. The van der Waals surface area contributed by atoms with E-state index in [4.69, 9.17) is 4.42 Å². The molecule has 3 aromatic rings. The van der Waals surface area contributed by atoms with Gasteiger partial charge in [-0.25, -0.2) is 17.5 Å². The smallest absolute Gasteiger partial charge is 0.243 e. The SMILES string of the molecule is CC[C@H](C(=O)NCc1ccco1)N(C(=O)CNS(=O)(=O)c1ccccc1)c1cccc(F)c1. The Morgan fingerprint density at radius 1 is 1.06 bits per heavy atom. The molecule has 8 nitrogen and oxygen atoms in total. The number of hydrogen-bond donors (Lipinski definition) is 2. The number of benzene rings is 2. The molecule has 0 unspecified atom stereocenters. The minimum Gasteiger partial charge on any atom is -0.467 e. The molecule has 0 fully saturated rings. The van der Waals surface area contributed by atoms with Gasteiger partial charge in [0.2, 0.25) is 21.8 Å². The zero-order chi connectivity index (χ0) is 23.8. The predicted octanol–water partition coefficient (Wildman–Crippen LogP) is 2.83. The number of carbonyl (C=O) groups is 2. The summed E-state index contributed by atoms with van der Waals surface area (Å²) in [5.74, 6) is -1.27. The van der Waals surface area contributed by atoms with Crippen molar-refractivity contribution in [1.29, 1.82) is 0 Å². The van der Waals surface area contributed by atoms with E-state index in [0.717, 1.165) is 11.0 Å². The van der Waals surface area contributed by atoms with Crippen molar-refractivity contribution in [2.24, 2.45) is 0 Å². The van der Waals surface area contributed by atoms with E-state index >= 15 is 0 Å². The van der Waals surface area contributed by atoms with Gasteiger partial charge in [0, 0.05) is 5.69 Å². The molecule has 0 aliphatic carbocycles. The van der Waals surface area contributed by atoms with E-state index in [1.54, 1.807) is 37.3 Å². The van der Waals surface area contributed by atoms with Crippen LogP contribution >= 0.6 is 0 Å². The number of halogens is 1. The van der Waals surface area contributed by atoms with Gasteiger partial charge in [0.25, 0.3) is 0 Å². The summed E-state index contributed by atoms with van der Waals surface area (Å²) in [6.07, 6.45) is 1.68. The summed E-state index contributed by atoms with van der Waals surface area (Å²) >= 11 is 0. The van der Waals surface area contributed by atoms with Crippen LogP contribution in [0.5, 0.6) is 0 Å². The third-order valence-electron chi connectivity index (χ3n) is 4.84. The van der Waals surface area contributed by atoms with Crippen molar-refractivity contribution in [3.8, 4) is 0 Å². The second-order valence-corrected chi connectivity index (χ2v) is 8.87. The van der Waals surface area contributed by atoms with Gasteiger partial charge in [0.15, 0.2) is 0 Å². The standard InChI is InChI=1S/C23H24FN3O5S/c1-2-21(23(29)25-15-19-10-7-13-32-19)27(18-9-6-8-17(24)14-18)22(28)16-26-33(30,31)20-11-4-3-5-12-20/h3-14,21,26H,2,15-16H2,1H3,(H,25,29)/t21-/m1/s1. The van der Waals surface area contributed by atoms with Gasteiger partial charge in [-0.3, -0.25) is 14.5 Å². The van der Waals surface area contributed by atoms with Crippen LogP contribution in [0.3, 0.4) is 0 Å². The summed E-state index contributed by atoms with van der Waals surface area (Å²) in [5, 5.41) is 2.70. The van der Waals surface area contributed by atoms with Crippen molar-refractivity contribution >= 4 is 27.5 Å². The molecule has 10 heteroatoms. The van der Waals surface area contributed by atoms with E-state index in [2.05, 4.69) is 10.0 Å². The topological polar surface area (TPSA) is 109 Å². The minimum absolute atomic E-state index is 0.00154. The Kier molecular flexibility index (Phi) is 7.96. The fourth-order valence-corrected chi connectivity index (χ4v) is 4.23. The van der Waals surface area contributed by atoms with Gasteiger partial charge in [0.05, 0.1) is 24.2 Å². The van der Waals surface area contributed by atoms with Crippen molar-refractivity contribution in [3.05, 3.63) is 84.6 Å². The van der Waals surface area contributed by atoms with E-state index < -0.39 is 40.2 Å². The average molecular weight is 474 g/mol. The van der Waals surface area contributed by atoms with E-state index in [1.165, 1.54) is 36.6 Å². The first-order valence-corrected chi connectivity index (χ1v) is 11.7. The average Bonchev–Trinajstić information content (AvgIpc) is 3.34. The number of furan rings is 1. The Hall–Kier alpha value is -3.50. The zero-order valence-corrected chi connectivity index (χ0v) is 18.7. The van der Waals surface area contributed by atoms with Gasteiger partial charge < -0.3 is 9.73 Å². The van der Waals surface area contributed by atoms with Crippen LogP contribution < -0.4 is 14.9 Å². The first-order valence-electron chi connectivity index (χ1n) is 10.2. The van der Waals surface area contributed by atoms with E-state index in [9.17, 15) is 22.4 Å². The van der Waals surface area contributed by atoms with E-state index in [-0.39, 0.29) is 23.5 Å². The summed E-state index contributed by atoms with van der Waals surface area (Å²) in [7, 11) is -3.96. The lowest BCUT2D eigenvalue weighted by atomic mass is 10.1. The van der Waals surface area contributed by atoms with Crippen molar-refractivity contribution in [2.75, 3.05) is 11.4 Å². The third-order valence-corrected chi connectivity index (χ3v) is 6.26. The molecule has 33 heavy (non-hydrogen) atoms. The largest absolute Gasteiger partial charge is 0.467 e. The quantitative estimate of drug-likeness (QED) is 0.471. The molecule has 0 spiro atoms. The molecule has 2 aromatic carbocycles. The maximum atomic E-state index is 13.9. The molecule has 0 radical (unpaired) electrons. The molecule has 3 rings (SSSR count). The molecule has 1 atom stereocenters. The fraction of sp³-hybridized carbons (Fsp3) is 0.217. The first-order chi connectivity index (χ1) is 15.8. The van der Waals surface area contributed by atoms with Gasteiger partial charge in [-0.15, -0.1) is 0 Å². The van der Waals surface area contributed by atoms with Crippen LogP contribution in [-0.4, -0.2) is 32.8 Å². The van der Waals surface area contributed by atoms with Gasteiger partial charge in [-0.1, -0.05) is 31.2 Å². The van der Waals surface area contributed by atoms with Crippen LogP contribution in [0.4, 0.5) is 10.1 Å². The lowest BCUT2D eigenvalue weighted by Gasteiger charge is -2.30. The van der Waals surface area contributed by atoms with E-state index in [0.29, 0.717) is 5.76 Å². The zero-order valence-electron chi connectivity index (χ0n) is 17.9. The van der Waals surface area contributed by atoms with Crippen molar-refractivity contribution in [2.45, 2.75) is 30.8 Å². The number of carbonyl (C=O) groups excluding carboxylic acids is 2. The molecule has 2 N–H and O–H groups in total. The summed E-state index contributed by atoms with van der Waals surface area (Å²) in [6, 6.07) is 15.2. The van der Waals surface area contributed by atoms with Crippen LogP contribution in [0.25, 0.3) is 0 Å². The van der Waals surface area contributed by atoms with Crippen molar-refractivity contribution in [1.82, 2.24) is 10.0 Å².